The molecule has 0 bridgehead atoms. The highest BCUT2D eigenvalue weighted by molar-refractivity contribution is 7.10. The first-order chi connectivity index (χ1) is 10.6. The molecule has 0 aromatic carbocycles. The molecular weight excluding hydrogens is 298 g/mol. The van der Waals surface area contributed by atoms with Gasteiger partial charge in [0.05, 0.1) is 6.04 Å². The van der Waals surface area contributed by atoms with Crippen molar-refractivity contribution >= 4 is 17.2 Å². The lowest BCUT2D eigenvalue weighted by Crippen LogP contribution is -2.39. The van der Waals surface area contributed by atoms with Crippen molar-refractivity contribution in [1.29, 1.82) is 0 Å². The molecule has 1 aliphatic rings. The van der Waals surface area contributed by atoms with E-state index in [0.717, 1.165) is 12.8 Å². The van der Waals surface area contributed by atoms with Crippen molar-refractivity contribution in [2.45, 2.75) is 39.3 Å². The van der Waals surface area contributed by atoms with Crippen molar-refractivity contribution in [2.24, 2.45) is 0 Å². The Hall–Kier alpha value is -1.95. The molecule has 0 radical (unpaired) electrons. The predicted molar refractivity (Wildman–Crippen MR) is 86.3 cm³/mol. The molecule has 0 saturated carbocycles. The summed E-state index contributed by atoms with van der Waals surface area (Å²) in [6, 6.07) is 5.11. The Balaban J connectivity index is 1.89. The van der Waals surface area contributed by atoms with Gasteiger partial charge in [0.15, 0.2) is 0 Å². The van der Waals surface area contributed by atoms with Crippen LogP contribution in [0, 0.1) is 0 Å². The highest BCUT2D eigenvalue weighted by Gasteiger charge is 2.29. The standard InChI is InChI=1S/C16H19N3O2S/c1-3-8-19-15(20)5-4-13(17-19)16(21)18-9-6-14-12(11(18)2)7-10-22-14/h4-5,7,10-11H,3,6,8-9H2,1-2H3. The first kappa shape index (κ1) is 15.0. The lowest BCUT2D eigenvalue weighted by molar-refractivity contribution is 0.0670. The topological polar surface area (TPSA) is 55.2 Å². The average Bonchev–Trinajstić information content (AvgIpc) is 2.99. The second-order valence-electron chi connectivity index (χ2n) is 5.50. The summed E-state index contributed by atoms with van der Waals surface area (Å²) in [7, 11) is 0. The quantitative estimate of drug-likeness (QED) is 0.874. The molecule has 22 heavy (non-hydrogen) atoms. The molecule has 2 aromatic rings. The SMILES string of the molecule is CCCn1nc(C(=O)N2CCc3sccc3C2C)ccc1=O. The summed E-state index contributed by atoms with van der Waals surface area (Å²) in [6.07, 6.45) is 1.70. The molecule has 1 unspecified atom stereocenters. The summed E-state index contributed by atoms with van der Waals surface area (Å²) >= 11 is 1.75. The first-order valence-electron chi connectivity index (χ1n) is 7.57. The maximum absolute atomic E-state index is 12.8. The van der Waals surface area contributed by atoms with Gasteiger partial charge in [0.2, 0.25) is 0 Å². The molecule has 1 aliphatic heterocycles. The molecule has 1 amide bonds. The molecule has 0 spiro atoms. The van der Waals surface area contributed by atoms with Gasteiger partial charge in [0.1, 0.15) is 5.69 Å². The number of aromatic nitrogens is 2. The number of aryl methyl sites for hydroxylation is 1. The molecule has 2 aromatic heterocycles. The van der Waals surface area contributed by atoms with Crippen molar-refractivity contribution in [3.63, 3.8) is 0 Å². The van der Waals surface area contributed by atoms with Crippen LogP contribution in [0.5, 0.6) is 0 Å². The van der Waals surface area contributed by atoms with Crippen molar-refractivity contribution in [3.05, 3.63) is 50.1 Å². The fraction of sp³-hybridized carbons (Fsp3) is 0.438. The van der Waals surface area contributed by atoms with Gasteiger partial charge in [-0.2, -0.15) is 5.10 Å². The number of thiophene rings is 1. The van der Waals surface area contributed by atoms with E-state index in [-0.39, 0.29) is 17.5 Å². The zero-order valence-corrected chi connectivity index (χ0v) is 13.6. The fourth-order valence-electron chi connectivity index (χ4n) is 2.87. The highest BCUT2D eigenvalue weighted by Crippen LogP contribution is 2.33. The average molecular weight is 317 g/mol. The van der Waals surface area contributed by atoms with Crippen molar-refractivity contribution in [1.82, 2.24) is 14.7 Å². The van der Waals surface area contributed by atoms with E-state index in [1.807, 2.05) is 18.7 Å². The minimum Gasteiger partial charge on any atom is -0.330 e. The molecule has 6 heteroatoms. The molecule has 116 valence electrons. The van der Waals surface area contributed by atoms with E-state index in [0.29, 0.717) is 18.8 Å². The van der Waals surface area contributed by atoms with Crippen LogP contribution in [0.2, 0.25) is 0 Å². The number of hydrogen-bond donors (Lipinski definition) is 0. The lowest BCUT2D eigenvalue weighted by Gasteiger charge is -2.33. The normalized spacial score (nSPS) is 17.4. The molecule has 0 saturated heterocycles. The van der Waals surface area contributed by atoms with E-state index in [9.17, 15) is 9.59 Å². The highest BCUT2D eigenvalue weighted by atomic mass is 32.1. The van der Waals surface area contributed by atoms with Crippen LogP contribution >= 0.6 is 11.3 Å². The number of fused-ring (bicyclic) bond motifs is 1. The monoisotopic (exact) mass is 317 g/mol. The Morgan fingerprint density at radius 1 is 1.41 bits per heavy atom. The van der Waals surface area contributed by atoms with Crippen LogP contribution < -0.4 is 5.56 Å². The third kappa shape index (κ3) is 2.59. The fourth-order valence-corrected chi connectivity index (χ4v) is 3.83. The van der Waals surface area contributed by atoms with Crippen molar-refractivity contribution in [3.8, 4) is 0 Å². The predicted octanol–water partition coefficient (Wildman–Crippen LogP) is 2.47. The van der Waals surface area contributed by atoms with Crippen molar-refractivity contribution < 1.29 is 4.79 Å². The molecule has 0 aliphatic carbocycles. The number of carbonyl (C=O) groups excluding carboxylic acids is 1. The Morgan fingerprint density at radius 2 is 2.23 bits per heavy atom. The van der Waals surface area contributed by atoms with Crippen LogP contribution in [0.15, 0.2) is 28.4 Å². The minimum absolute atomic E-state index is 0.0517. The van der Waals surface area contributed by atoms with Gasteiger partial charge in [0, 0.05) is 24.0 Å². The second kappa shape index (κ2) is 6.04. The zero-order valence-electron chi connectivity index (χ0n) is 12.8. The number of amides is 1. The first-order valence-corrected chi connectivity index (χ1v) is 8.45. The summed E-state index contributed by atoms with van der Waals surface area (Å²) < 4.78 is 1.37. The third-order valence-corrected chi connectivity index (χ3v) is 5.06. The van der Waals surface area contributed by atoms with E-state index in [1.165, 1.54) is 27.3 Å². The van der Waals surface area contributed by atoms with E-state index in [1.54, 1.807) is 11.3 Å². The van der Waals surface area contributed by atoms with Gasteiger partial charge in [-0.05, 0) is 42.8 Å². The molecule has 0 fully saturated rings. The Labute approximate surface area is 133 Å². The maximum Gasteiger partial charge on any atom is 0.274 e. The Bertz CT molecular complexity index is 750. The molecule has 3 heterocycles. The molecular formula is C16H19N3O2S. The number of rotatable bonds is 3. The van der Waals surface area contributed by atoms with Gasteiger partial charge in [-0.3, -0.25) is 9.59 Å². The largest absolute Gasteiger partial charge is 0.330 e. The van der Waals surface area contributed by atoms with Crippen LogP contribution in [0.25, 0.3) is 0 Å². The van der Waals surface area contributed by atoms with Gasteiger partial charge in [-0.25, -0.2) is 4.68 Å². The van der Waals surface area contributed by atoms with Crippen LogP contribution in [0.4, 0.5) is 0 Å². The van der Waals surface area contributed by atoms with Crippen molar-refractivity contribution in [2.75, 3.05) is 6.54 Å². The number of hydrogen-bond acceptors (Lipinski definition) is 4. The summed E-state index contributed by atoms with van der Waals surface area (Å²) in [6.45, 7) is 5.25. The molecule has 3 rings (SSSR count). The summed E-state index contributed by atoms with van der Waals surface area (Å²) in [5, 5.41) is 6.31. The molecule has 0 N–H and O–H groups in total. The van der Waals surface area contributed by atoms with E-state index < -0.39 is 0 Å². The van der Waals surface area contributed by atoms with Gasteiger partial charge in [-0.15, -0.1) is 11.3 Å². The molecule has 5 nitrogen and oxygen atoms in total. The maximum atomic E-state index is 12.8. The van der Waals surface area contributed by atoms with Crippen LogP contribution in [0.1, 0.15) is 47.2 Å². The summed E-state index contributed by atoms with van der Waals surface area (Å²) in [5.74, 6) is -0.103. The number of carbonyl (C=O) groups is 1. The smallest absolute Gasteiger partial charge is 0.274 e. The third-order valence-electron chi connectivity index (χ3n) is 4.06. The Morgan fingerprint density at radius 3 is 3.00 bits per heavy atom. The number of nitrogens with zero attached hydrogens (tertiary/aromatic N) is 3. The molecule has 1 atom stereocenters. The minimum atomic E-state index is -0.162. The van der Waals surface area contributed by atoms with E-state index >= 15 is 0 Å². The van der Waals surface area contributed by atoms with Gasteiger partial charge in [0.25, 0.3) is 11.5 Å². The summed E-state index contributed by atoms with van der Waals surface area (Å²) in [5.41, 5.74) is 1.41. The van der Waals surface area contributed by atoms with Gasteiger partial charge < -0.3 is 4.90 Å². The van der Waals surface area contributed by atoms with Gasteiger partial charge in [-0.1, -0.05) is 6.92 Å². The van der Waals surface area contributed by atoms with E-state index in [4.69, 9.17) is 0 Å². The van der Waals surface area contributed by atoms with Crippen LogP contribution in [-0.2, 0) is 13.0 Å². The second-order valence-corrected chi connectivity index (χ2v) is 6.50. The van der Waals surface area contributed by atoms with Crippen LogP contribution in [0.3, 0.4) is 0 Å². The van der Waals surface area contributed by atoms with Gasteiger partial charge >= 0.3 is 0 Å². The zero-order chi connectivity index (χ0) is 15.7. The van der Waals surface area contributed by atoms with E-state index in [2.05, 4.69) is 16.5 Å². The lowest BCUT2D eigenvalue weighted by atomic mass is 10.0. The summed E-state index contributed by atoms with van der Waals surface area (Å²) in [4.78, 5) is 27.7. The Kier molecular flexibility index (Phi) is 4.11. The van der Waals surface area contributed by atoms with Crippen LogP contribution in [-0.4, -0.2) is 27.1 Å².